The molecule has 0 atom stereocenters. The molecule has 2 aliphatic rings. The van der Waals surface area contributed by atoms with Gasteiger partial charge in [0.15, 0.2) is 0 Å². The predicted octanol–water partition coefficient (Wildman–Crippen LogP) is 1.27. The number of carbonyl (C=O) groups excluding carboxylic acids is 3. The van der Waals surface area contributed by atoms with Crippen molar-refractivity contribution >= 4 is 35.1 Å². The first-order valence-corrected chi connectivity index (χ1v) is 8.69. The monoisotopic (exact) mass is 364 g/mol. The molecular weight excluding hydrogens is 344 g/mol. The van der Waals surface area contributed by atoms with Crippen molar-refractivity contribution in [3.05, 3.63) is 29.3 Å². The molecule has 1 aromatic carbocycles. The van der Waals surface area contributed by atoms with E-state index in [2.05, 4.69) is 0 Å². The number of hydrogen-bond donors (Lipinski definition) is 0. The number of urea groups is 1. The number of nitrogens with zero attached hydrogens (tertiary/aromatic N) is 4. The summed E-state index contributed by atoms with van der Waals surface area (Å²) in [7, 11) is 0. The summed E-state index contributed by atoms with van der Waals surface area (Å²) in [6, 6.07) is 6.95. The van der Waals surface area contributed by atoms with Crippen LogP contribution < -0.4 is 4.90 Å². The summed E-state index contributed by atoms with van der Waals surface area (Å²) < 4.78 is 0. The van der Waals surface area contributed by atoms with Crippen LogP contribution in [0.5, 0.6) is 0 Å². The van der Waals surface area contributed by atoms with E-state index in [1.165, 1.54) is 6.92 Å². The van der Waals surface area contributed by atoms with Crippen LogP contribution in [0.3, 0.4) is 0 Å². The highest BCUT2D eigenvalue weighted by Crippen LogP contribution is 2.23. The van der Waals surface area contributed by atoms with Gasteiger partial charge in [0.05, 0.1) is 0 Å². The van der Waals surface area contributed by atoms with Gasteiger partial charge >= 0.3 is 6.03 Å². The Kier molecular flexibility index (Phi) is 5.13. The van der Waals surface area contributed by atoms with Gasteiger partial charge in [-0.2, -0.15) is 0 Å². The van der Waals surface area contributed by atoms with Crippen molar-refractivity contribution < 1.29 is 14.4 Å². The normalized spacial score (nSPS) is 18.1. The summed E-state index contributed by atoms with van der Waals surface area (Å²) in [5.41, 5.74) is 0.738. The van der Waals surface area contributed by atoms with Crippen molar-refractivity contribution in [1.82, 2.24) is 14.7 Å². The van der Waals surface area contributed by atoms with Crippen LogP contribution in [0.4, 0.5) is 10.5 Å². The van der Waals surface area contributed by atoms with E-state index in [4.69, 9.17) is 11.6 Å². The summed E-state index contributed by atoms with van der Waals surface area (Å²) in [4.78, 5) is 43.0. The Morgan fingerprint density at radius 2 is 1.72 bits per heavy atom. The second kappa shape index (κ2) is 7.31. The van der Waals surface area contributed by atoms with Crippen LogP contribution in [0.25, 0.3) is 0 Å². The largest absolute Gasteiger partial charge is 0.339 e. The van der Waals surface area contributed by atoms with Crippen molar-refractivity contribution in [3.63, 3.8) is 0 Å². The highest BCUT2D eigenvalue weighted by molar-refractivity contribution is 6.30. The van der Waals surface area contributed by atoms with E-state index in [0.717, 1.165) is 5.69 Å². The zero-order valence-corrected chi connectivity index (χ0v) is 14.9. The Bertz CT molecular complexity index is 688. The molecule has 8 heteroatoms. The van der Waals surface area contributed by atoms with Gasteiger partial charge in [0.25, 0.3) is 0 Å². The van der Waals surface area contributed by atoms with Gasteiger partial charge in [-0.1, -0.05) is 17.7 Å². The summed E-state index contributed by atoms with van der Waals surface area (Å²) >= 11 is 5.99. The SMILES string of the molecule is CC(=O)N1CCN(C(=O)CN2CCN(c3cccc(Cl)c3)C2=O)CC1. The number of anilines is 1. The molecule has 1 aromatic rings. The maximum atomic E-state index is 12.6. The zero-order chi connectivity index (χ0) is 18.0. The molecule has 0 aliphatic carbocycles. The van der Waals surface area contributed by atoms with Crippen LogP contribution in [0.15, 0.2) is 24.3 Å². The molecule has 4 amide bonds. The van der Waals surface area contributed by atoms with Gasteiger partial charge in [0.1, 0.15) is 6.54 Å². The Hall–Kier alpha value is -2.28. The van der Waals surface area contributed by atoms with Crippen molar-refractivity contribution in [2.45, 2.75) is 6.92 Å². The third-order valence-electron chi connectivity index (χ3n) is 4.62. The molecule has 3 rings (SSSR count). The Balaban J connectivity index is 1.56. The van der Waals surface area contributed by atoms with Crippen LogP contribution in [-0.2, 0) is 9.59 Å². The average molecular weight is 365 g/mol. The van der Waals surface area contributed by atoms with Gasteiger partial charge in [0, 0.05) is 56.9 Å². The first kappa shape index (κ1) is 17.5. The van der Waals surface area contributed by atoms with Gasteiger partial charge in [-0.15, -0.1) is 0 Å². The lowest BCUT2D eigenvalue weighted by atomic mass is 10.3. The van der Waals surface area contributed by atoms with Crippen LogP contribution >= 0.6 is 11.6 Å². The van der Waals surface area contributed by atoms with E-state index >= 15 is 0 Å². The zero-order valence-electron chi connectivity index (χ0n) is 14.2. The molecule has 2 saturated heterocycles. The Labute approximate surface area is 151 Å². The first-order valence-electron chi connectivity index (χ1n) is 8.31. The minimum Gasteiger partial charge on any atom is -0.339 e. The Morgan fingerprint density at radius 3 is 2.36 bits per heavy atom. The van der Waals surface area contributed by atoms with Crippen LogP contribution in [0, 0.1) is 0 Å². The van der Waals surface area contributed by atoms with E-state index in [0.29, 0.717) is 44.3 Å². The highest BCUT2D eigenvalue weighted by Gasteiger charge is 2.32. The molecule has 2 heterocycles. The molecule has 7 nitrogen and oxygen atoms in total. The molecule has 134 valence electrons. The summed E-state index contributed by atoms with van der Waals surface area (Å²) in [5.74, 6) is -0.0523. The molecule has 0 bridgehead atoms. The van der Waals surface area contributed by atoms with Crippen molar-refractivity contribution in [2.24, 2.45) is 0 Å². The third kappa shape index (κ3) is 3.87. The number of carbonyl (C=O) groups is 3. The van der Waals surface area contributed by atoms with Gasteiger partial charge in [-0.25, -0.2) is 4.79 Å². The quantitative estimate of drug-likeness (QED) is 0.811. The third-order valence-corrected chi connectivity index (χ3v) is 4.85. The number of hydrogen-bond acceptors (Lipinski definition) is 3. The molecule has 0 aromatic heterocycles. The van der Waals surface area contributed by atoms with E-state index in [1.807, 2.05) is 6.07 Å². The lowest BCUT2D eigenvalue weighted by Crippen LogP contribution is -2.52. The first-order chi connectivity index (χ1) is 12.0. The number of amides is 4. The number of piperazine rings is 1. The molecule has 0 unspecified atom stereocenters. The topological polar surface area (TPSA) is 64.2 Å². The summed E-state index contributed by atoms with van der Waals surface area (Å²) in [5, 5.41) is 0.572. The number of halogens is 1. The van der Waals surface area contributed by atoms with E-state index < -0.39 is 0 Å². The predicted molar refractivity (Wildman–Crippen MR) is 94.6 cm³/mol. The van der Waals surface area contributed by atoms with Crippen molar-refractivity contribution in [1.29, 1.82) is 0 Å². The fourth-order valence-corrected chi connectivity index (χ4v) is 3.33. The molecule has 0 radical (unpaired) electrons. The second-order valence-electron chi connectivity index (χ2n) is 6.22. The molecular formula is C17H21ClN4O3. The molecule has 2 fully saturated rings. The molecule has 0 saturated carbocycles. The van der Waals surface area contributed by atoms with Gasteiger partial charge in [-0.3, -0.25) is 14.5 Å². The van der Waals surface area contributed by atoms with Crippen molar-refractivity contribution in [2.75, 3.05) is 50.7 Å². The summed E-state index contributed by atoms with van der Waals surface area (Å²) in [6.07, 6.45) is 0. The van der Waals surface area contributed by atoms with Gasteiger partial charge < -0.3 is 14.7 Å². The van der Waals surface area contributed by atoms with Crippen LogP contribution in [-0.4, -0.2) is 78.4 Å². The number of rotatable bonds is 3. The minimum atomic E-state index is -0.182. The second-order valence-corrected chi connectivity index (χ2v) is 6.66. The minimum absolute atomic E-state index is 0.0268. The fraction of sp³-hybridized carbons (Fsp3) is 0.471. The molecule has 2 aliphatic heterocycles. The van der Waals surface area contributed by atoms with Crippen LogP contribution in [0.2, 0.25) is 5.02 Å². The molecule has 0 spiro atoms. The standard InChI is InChI=1S/C17H21ClN4O3/c1-13(23)19-5-7-20(8-6-19)16(24)12-21-9-10-22(17(21)25)15-4-2-3-14(18)11-15/h2-4,11H,5-10,12H2,1H3. The smallest absolute Gasteiger partial charge is 0.325 e. The fourth-order valence-electron chi connectivity index (χ4n) is 3.15. The van der Waals surface area contributed by atoms with E-state index in [-0.39, 0.29) is 24.4 Å². The van der Waals surface area contributed by atoms with Gasteiger partial charge in [-0.05, 0) is 18.2 Å². The number of benzene rings is 1. The maximum Gasteiger partial charge on any atom is 0.325 e. The van der Waals surface area contributed by atoms with Crippen LogP contribution in [0.1, 0.15) is 6.92 Å². The highest BCUT2D eigenvalue weighted by atomic mass is 35.5. The lowest BCUT2D eigenvalue weighted by Gasteiger charge is -2.34. The Morgan fingerprint density at radius 1 is 1.04 bits per heavy atom. The average Bonchev–Trinajstić information content (AvgIpc) is 2.95. The maximum absolute atomic E-state index is 12.6. The van der Waals surface area contributed by atoms with Crippen molar-refractivity contribution in [3.8, 4) is 0 Å². The van der Waals surface area contributed by atoms with E-state index in [9.17, 15) is 14.4 Å². The van der Waals surface area contributed by atoms with Gasteiger partial charge in [0.2, 0.25) is 11.8 Å². The molecule has 25 heavy (non-hydrogen) atoms. The summed E-state index contributed by atoms with van der Waals surface area (Å²) in [6.45, 7) is 4.75. The molecule has 0 N–H and O–H groups in total. The van der Waals surface area contributed by atoms with E-state index in [1.54, 1.807) is 37.8 Å². The lowest BCUT2D eigenvalue weighted by molar-refractivity contribution is -0.138.